The summed E-state index contributed by atoms with van der Waals surface area (Å²) < 4.78 is 13.0. The number of benzene rings is 1. The van der Waals surface area contributed by atoms with E-state index in [0.717, 1.165) is 0 Å². The van der Waals surface area contributed by atoms with Crippen molar-refractivity contribution in [3.8, 4) is 0 Å². The van der Waals surface area contributed by atoms with Crippen LogP contribution < -0.4 is 5.73 Å². The Morgan fingerprint density at radius 2 is 2.25 bits per heavy atom. The predicted molar refractivity (Wildman–Crippen MR) is 49.5 cm³/mol. The van der Waals surface area contributed by atoms with Crippen LogP contribution in [0, 0.1) is 5.82 Å². The van der Waals surface area contributed by atoms with E-state index < -0.39 is 0 Å². The van der Waals surface area contributed by atoms with Crippen LogP contribution in [0.15, 0.2) is 24.3 Å². The minimum absolute atomic E-state index is 0.327. The minimum Gasteiger partial charge on any atom is -0.327 e. The first kappa shape index (κ1) is 9.23. The third-order valence-electron chi connectivity index (χ3n) is 1.40. The zero-order valence-corrected chi connectivity index (χ0v) is 7.18. The fraction of sp³-hybridized carbons (Fsp3) is 0.111. The van der Waals surface area contributed by atoms with Gasteiger partial charge >= 0.3 is 0 Å². The summed E-state index contributed by atoms with van der Waals surface area (Å²) in [6.45, 7) is 0.405. The third kappa shape index (κ3) is 2.32. The van der Waals surface area contributed by atoms with E-state index in [1.54, 1.807) is 24.3 Å². The highest BCUT2D eigenvalue weighted by Gasteiger charge is 1.97. The van der Waals surface area contributed by atoms with Crippen molar-refractivity contribution < 1.29 is 4.39 Å². The summed E-state index contributed by atoms with van der Waals surface area (Å²) >= 11 is 5.56. The molecule has 0 unspecified atom stereocenters. The first-order chi connectivity index (χ1) is 5.74. The average Bonchev–Trinajstić information content (AvgIpc) is 2.03. The van der Waals surface area contributed by atoms with Gasteiger partial charge in [0.2, 0.25) is 0 Å². The van der Waals surface area contributed by atoms with Crippen LogP contribution in [-0.4, -0.2) is 6.54 Å². The van der Waals surface area contributed by atoms with Crippen molar-refractivity contribution >= 4 is 17.7 Å². The molecule has 2 N–H and O–H groups in total. The molecule has 0 fully saturated rings. The Morgan fingerprint density at radius 3 is 2.83 bits per heavy atom. The fourth-order valence-electron chi connectivity index (χ4n) is 0.832. The molecule has 64 valence electrons. The molecule has 0 aliphatic carbocycles. The Morgan fingerprint density at radius 1 is 1.50 bits per heavy atom. The highest BCUT2D eigenvalue weighted by molar-refractivity contribution is 6.30. The maximum absolute atomic E-state index is 13.0. The summed E-state index contributed by atoms with van der Waals surface area (Å²) in [6.07, 6.45) is 3.32. The summed E-state index contributed by atoms with van der Waals surface area (Å²) in [6, 6.07) is 4.53. The van der Waals surface area contributed by atoms with Gasteiger partial charge in [0.25, 0.3) is 0 Å². The van der Waals surface area contributed by atoms with Gasteiger partial charge in [-0.2, -0.15) is 0 Å². The van der Waals surface area contributed by atoms with Crippen molar-refractivity contribution in [2.75, 3.05) is 6.54 Å². The zero-order valence-electron chi connectivity index (χ0n) is 6.43. The van der Waals surface area contributed by atoms with Gasteiger partial charge in [0.05, 0.1) is 0 Å². The zero-order chi connectivity index (χ0) is 8.97. The quantitative estimate of drug-likeness (QED) is 0.753. The lowest BCUT2D eigenvalue weighted by Crippen LogP contribution is -1.92. The van der Waals surface area contributed by atoms with Crippen LogP contribution in [0.3, 0.4) is 0 Å². The van der Waals surface area contributed by atoms with Gasteiger partial charge in [-0.3, -0.25) is 0 Å². The van der Waals surface area contributed by atoms with Gasteiger partial charge < -0.3 is 5.73 Å². The van der Waals surface area contributed by atoms with Crippen molar-refractivity contribution in [1.29, 1.82) is 0 Å². The van der Waals surface area contributed by atoms with Gasteiger partial charge in [-0.05, 0) is 12.1 Å². The first-order valence-corrected chi connectivity index (χ1v) is 3.93. The van der Waals surface area contributed by atoms with E-state index in [1.807, 2.05) is 0 Å². The highest BCUT2D eigenvalue weighted by Crippen LogP contribution is 2.15. The number of hydrogen-bond acceptors (Lipinski definition) is 1. The van der Waals surface area contributed by atoms with Crippen LogP contribution in [-0.2, 0) is 0 Å². The lowest BCUT2D eigenvalue weighted by molar-refractivity contribution is 0.625. The molecule has 0 amide bonds. The Bertz CT molecular complexity index is 297. The van der Waals surface area contributed by atoms with Crippen molar-refractivity contribution in [2.45, 2.75) is 0 Å². The lowest BCUT2D eigenvalue weighted by atomic mass is 10.2. The summed E-state index contributed by atoms with van der Waals surface area (Å²) in [7, 11) is 0. The van der Waals surface area contributed by atoms with E-state index >= 15 is 0 Å². The molecule has 0 radical (unpaired) electrons. The van der Waals surface area contributed by atoms with Gasteiger partial charge in [-0.25, -0.2) is 4.39 Å². The maximum atomic E-state index is 13.0. The normalized spacial score (nSPS) is 10.9. The molecule has 0 aromatic heterocycles. The number of hydrogen-bond donors (Lipinski definition) is 1. The lowest BCUT2D eigenvalue weighted by Gasteiger charge is -1.96. The maximum Gasteiger partial charge on any atom is 0.131 e. The van der Waals surface area contributed by atoms with Crippen molar-refractivity contribution in [1.82, 2.24) is 0 Å². The molecule has 0 bridgehead atoms. The van der Waals surface area contributed by atoms with Crippen LogP contribution in [0.4, 0.5) is 4.39 Å². The molecule has 0 heterocycles. The first-order valence-electron chi connectivity index (χ1n) is 3.55. The molecule has 0 aliphatic rings. The number of nitrogens with two attached hydrogens (primary N) is 1. The third-order valence-corrected chi connectivity index (χ3v) is 1.63. The van der Waals surface area contributed by atoms with E-state index in [9.17, 15) is 4.39 Å². The SMILES string of the molecule is NCC=Cc1ccc(Cl)cc1F. The van der Waals surface area contributed by atoms with Gasteiger partial charge in [0.15, 0.2) is 0 Å². The summed E-state index contributed by atoms with van der Waals surface area (Å²) in [5.41, 5.74) is 5.73. The topological polar surface area (TPSA) is 26.0 Å². The van der Waals surface area contributed by atoms with E-state index in [4.69, 9.17) is 17.3 Å². The predicted octanol–water partition coefficient (Wildman–Crippen LogP) is 2.45. The largest absolute Gasteiger partial charge is 0.327 e. The molecule has 3 heteroatoms. The van der Waals surface area contributed by atoms with E-state index in [1.165, 1.54) is 6.07 Å². The van der Waals surface area contributed by atoms with E-state index in [-0.39, 0.29) is 5.82 Å². The Labute approximate surface area is 75.6 Å². The highest BCUT2D eigenvalue weighted by atomic mass is 35.5. The van der Waals surface area contributed by atoms with Crippen LogP contribution in [0.25, 0.3) is 6.08 Å². The second-order valence-corrected chi connectivity index (χ2v) is 2.74. The second-order valence-electron chi connectivity index (χ2n) is 2.30. The molecule has 0 saturated heterocycles. The molecule has 0 aliphatic heterocycles. The summed E-state index contributed by atoms with van der Waals surface area (Å²) in [5, 5.41) is 0.400. The average molecular weight is 186 g/mol. The standard InChI is InChI=1S/C9H9ClFN/c10-8-4-3-7(2-1-5-12)9(11)6-8/h1-4,6H,5,12H2. The Balaban J connectivity index is 2.94. The van der Waals surface area contributed by atoms with Crippen LogP contribution in [0.2, 0.25) is 5.02 Å². The molecule has 0 spiro atoms. The van der Waals surface area contributed by atoms with Gasteiger partial charge in [-0.1, -0.05) is 29.8 Å². The van der Waals surface area contributed by atoms with Gasteiger partial charge in [0, 0.05) is 17.1 Å². The number of rotatable bonds is 2. The molecule has 1 rings (SSSR count). The molecule has 0 saturated carbocycles. The molecular formula is C9H9ClFN. The van der Waals surface area contributed by atoms with E-state index in [2.05, 4.69) is 0 Å². The van der Waals surface area contributed by atoms with Gasteiger partial charge in [-0.15, -0.1) is 0 Å². The van der Waals surface area contributed by atoms with Gasteiger partial charge in [0.1, 0.15) is 5.82 Å². The molecule has 0 atom stereocenters. The molecule has 1 aromatic carbocycles. The molecule has 12 heavy (non-hydrogen) atoms. The number of halogens is 2. The minimum atomic E-state index is -0.327. The fourth-order valence-corrected chi connectivity index (χ4v) is 0.990. The van der Waals surface area contributed by atoms with Crippen molar-refractivity contribution in [3.05, 3.63) is 40.7 Å². The van der Waals surface area contributed by atoms with Crippen LogP contribution in [0.1, 0.15) is 5.56 Å². The Hall–Kier alpha value is -0.860. The second kappa shape index (κ2) is 4.24. The molecule has 1 nitrogen and oxygen atoms in total. The smallest absolute Gasteiger partial charge is 0.131 e. The van der Waals surface area contributed by atoms with Crippen molar-refractivity contribution in [3.63, 3.8) is 0 Å². The monoisotopic (exact) mass is 185 g/mol. The van der Waals surface area contributed by atoms with E-state index in [0.29, 0.717) is 17.1 Å². The Kier molecular flexibility index (Phi) is 3.26. The summed E-state index contributed by atoms with van der Waals surface area (Å²) in [5.74, 6) is -0.327. The van der Waals surface area contributed by atoms with Crippen LogP contribution >= 0.6 is 11.6 Å². The van der Waals surface area contributed by atoms with Crippen molar-refractivity contribution in [2.24, 2.45) is 5.73 Å². The summed E-state index contributed by atoms with van der Waals surface area (Å²) in [4.78, 5) is 0. The molecular weight excluding hydrogens is 177 g/mol. The van der Waals surface area contributed by atoms with Crippen LogP contribution in [0.5, 0.6) is 0 Å². The molecule has 1 aromatic rings.